The average molecular weight is 274 g/mol. The number of hydrogen-bond donors (Lipinski definition) is 2. The number of thiophene rings is 1. The maximum absolute atomic E-state index is 10.8. The molecule has 2 rings (SSSR count). The second-order valence-electron chi connectivity index (χ2n) is 4.47. The Morgan fingerprint density at radius 3 is 2.65 bits per heavy atom. The van der Waals surface area contributed by atoms with Crippen LogP contribution in [0.15, 0.2) is 12.1 Å². The summed E-state index contributed by atoms with van der Waals surface area (Å²) in [6, 6.07) is 4.39. The summed E-state index contributed by atoms with van der Waals surface area (Å²) < 4.78 is 0.816. The Bertz CT molecular complexity index is 386. The highest BCUT2D eigenvalue weighted by Gasteiger charge is 2.25. The quantitative estimate of drug-likeness (QED) is 0.886. The minimum atomic E-state index is -0.645. The van der Waals surface area contributed by atoms with Gasteiger partial charge in [0, 0.05) is 17.5 Å². The Morgan fingerprint density at radius 2 is 2.12 bits per heavy atom. The number of carbonyl (C=O) groups is 1. The van der Waals surface area contributed by atoms with Crippen LogP contribution in [0.3, 0.4) is 0 Å². The lowest BCUT2D eigenvalue weighted by Crippen LogP contribution is -2.34. The highest BCUT2D eigenvalue weighted by Crippen LogP contribution is 2.25. The van der Waals surface area contributed by atoms with Gasteiger partial charge in [-0.25, -0.2) is 0 Å². The molecule has 0 spiro atoms. The highest BCUT2D eigenvalue weighted by atomic mass is 35.5. The van der Waals surface area contributed by atoms with E-state index in [1.165, 1.54) is 4.88 Å². The lowest BCUT2D eigenvalue weighted by molar-refractivity contribution is -0.142. The molecule has 2 N–H and O–H groups in total. The van der Waals surface area contributed by atoms with Crippen LogP contribution in [0.25, 0.3) is 0 Å². The average Bonchev–Trinajstić information content (AvgIpc) is 2.73. The van der Waals surface area contributed by atoms with Gasteiger partial charge in [-0.05, 0) is 37.8 Å². The van der Waals surface area contributed by atoms with Gasteiger partial charge in [0.25, 0.3) is 0 Å². The first-order valence-electron chi connectivity index (χ1n) is 5.85. The van der Waals surface area contributed by atoms with Gasteiger partial charge in [0.2, 0.25) is 0 Å². The molecule has 1 aromatic rings. The lowest BCUT2D eigenvalue weighted by atomic mass is 9.86. The number of aliphatic carboxylic acids is 1. The van der Waals surface area contributed by atoms with Gasteiger partial charge in [-0.15, -0.1) is 11.3 Å². The molecule has 1 aliphatic rings. The summed E-state index contributed by atoms with van der Waals surface area (Å²) in [4.78, 5) is 12.0. The van der Waals surface area contributed by atoms with Gasteiger partial charge in [-0.3, -0.25) is 4.79 Å². The summed E-state index contributed by atoms with van der Waals surface area (Å²) in [5, 5.41) is 12.4. The van der Waals surface area contributed by atoms with Crippen molar-refractivity contribution in [2.45, 2.75) is 38.3 Å². The summed E-state index contributed by atoms with van der Waals surface area (Å²) >= 11 is 7.45. The van der Waals surface area contributed by atoms with E-state index in [0.717, 1.165) is 36.6 Å². The van der Waals surface area contributed by atoms with Crippen LogP contribution < -0.4 is 5.32 Å². The molecule has 1 fully saturated rings. The summed E-state index contributed by atoms with van der Waals surface area (Å²) in [7, 11) is 0. The first-order valence-corrected chi connectivity index (χ1v) is 7.05. The summed E-state index contributed by atoms with van der Waals surface area (Å²) in [6.07, 6.45) is 3.49. The molecule has 0 amide bonds. The van der Waals surface area contributed by atoms with Gasteiger partial charge >= 0.3 is 5.97 Å². The Hall–Kier alpha value is -0.580. The number of hydrogen-bond acceptors (Lipinski definition) is 3. The fourth-order valence-corrected chi connectivity index (χ4v) is 3.27. The monoisotopic (exact) mass is 273 g/mol. The molecule has 0 unspecified atom stereocenters. The number of carboxylic acid groups (broad SMARTS) is 1. The SMILES string of the molecule is O=C(O)C1CCC(NCc2ccc(Cl)s2)CC1. The smallest absolute Gasteiger partial charge is 0.306 e. The van der Waals surface area contributed by atoms with Crippen LogP contribution in [0.4, 0.5) is 0 Å². The number of nitrogens with one attached hydrogen (secondary N) is 1. The maximum atomic E-state index is 10.8. The predicted octanol–water partition coefficient (Wildman–Crippen LogP) is 3.13. The lowest BCUT2D eigenvalue weighted by Gasteiger charge is -2.26. The number of rotatable bonds is 4. The van der Waals surface area contributed by atoms with E-state index in [0.29, 0.717) is 6.04 Å². The van der Waals surface area contributed by atoms with Crippen LogP contribution >= 0.6 is 22.9 Å². The zero-order chi connectivity index (χ0) is 12.3. The minimum Gasteiger partial charge on any atom is -0.481 e. The van der Waals surface area contributed by atoms with Crippen molar-refractivity contribution in [3.63, 3.8) is 0 Å². The zero-order valence-electron chi connectivity index (χ0n) is 9.49. The molecule has 17 heavy (non-hydrogen) atoms. The first-order chi connectivity index (χ1) is 8.15. The van der Waals surface area contributed by atoms with Crippen LogP contribution in [0.1, 0.15) is 30.6 Å². The van der Waals surface area contributed by atoms with Crippen molar-refractivity contribution in [1.82, 2.24) is 5.32 Å². The Kier molecular flexibility index (Phi) is 4.42. The van der Waals surface area contributed by atoms with Crippen LogP contribution in [-0.4, -0.2) is 17.1 Å². The summed E-state index contributed by atoms with van der Waals surface area (Å²) in [5.74, 6) is -0.780. The fraction of sp³-hybridized carbons (Fsp3) is 0.583. The number of carboxylic acids is 1. The predicted molar refractivity (Wildman–Crippen MR) is 69.6 cm³/mol. The summed E-state index contributed by atoms with van der Waals surface area (Å²) in [5.41, 5.74) is 0. The van der Waals surface area contributed by atoms with E-state index >= 15 is 0 Å². The first kappa shape index (κ1) is 12.9. The van der Waals surface area contributed by atoms with Crippen LogP contribution in [0, 0.1) is 5.92 Å². The maximum Gasteiger partial charge on any atom is 0.306 e. The molecule has 1 heterocycles. The molecule has 0 atom stereocenters. The topological polar surface area (TPSA) is 49.3 Å². The molecule has 5 heteroatoms. The Labute approximate surface area is 110 Å². The van der Waals surface area contributed by atoms with Crippen molar-refractivity contribution in [2.75, 3.05) is 0 Å². The van der Waals surface area contributed by atoms with Gasteiger partial charge in [-0.2, -0.15) is 0 Å². The third-order valence-corrected chi connectivity index (χ3v) is 4.50. The molecule has 0 aromatic carbocycles. The number of halogens is 1. The van der Waals surface area contributed by atoms with Crippen molar-refractivity contribution in [3.8, 4) is 0 Å². The van der Waals surface area contributed by atoms with E-state index in [9.17, 15) is 4.79 Å². The molecule has 0 bridgehead atoms. The molecule has 1 saturated carbocycles. The van der Waals surface area contributed by atoms with E-state index in [1.54, 1.807) is 11.3 Å². The standard InChI is InChI=1S/C12H16ClNO2S/c13-11-6-5-10(17-11)7-14-9-3-1-8(2-4-9)12(15)16/h5-6,8-9,14H,1-4,7H2,(H,15,16). The van der Waals surface area contributed by atoms with Gasteiger partial charge in [-0.1, -0.05) is 11.6 Å². The highest BCUT2D eigenvalue weighted by molar-refractivity contribution is 7.16. The van der Waals surface area contributed by atoms with Gasteiger partial charge in [0.1, 0.15) is 0 Å². The van der Waals surface area contributed by atoms with Crippen molar-refractivity contribution in [1.29, 1.82) is 0 Å². The molecule has 0 radical (unpaired) electrons. The van der Waals surface area contributed by atoms with Gasteiger partial charge < -0.3 is 10.4 Å². The molecular weight excluding hydrogens is 258 g/mol. The minimum absolute atomic E-state index is 0.135. The van der Waals surface area contributed by atoms with Crippen LogP contribution in [-0.2, 0) is 11.3 Å². The third kappa shape index (κ3) is 3.69. The molecule has 3 nitrogen and oxygen atoms in total. The van der Waals surface area contributed by atoms with E-state index in [-0.39, 0.29) is 5.92 Å². The molecule has 94 valence electrons. The largest absolute Gasteiger partial charge is 0.481 e. The molecule has 1 aliphatic carbocycles. The van der Waals surface area contributed by atoms with Gasteiger partial charge in [0.15, 0.2) is 0 Å². The zero-order valence-corrected chi connectivity index (χ0v) is 11.1. The van der Waals surface area contributed by atoms with E-state index in [2.05, 4.69) is 5.32 Å². The molecule has 1 aromatic heterocycles. The van der Waals surface area contributed by atoms with Crippen molar-refractivity contribution < 1.29 is 9.90 Å². The van der Waals surface area contributed by atoms with E-state index in [1.807, 2.05) is 12.1 Å². The Morgan fingerprint density at radius 1 is 1.41 bits per heavy atom. The Balaban J connectivity index is 1.73. The van der Waals surface area contributed by atoms with Crippen LogP contribution in [0.5, 0.6) is 0 Å². The van der Waals surface area contributed by atoms with E-state index in [4.69, 9.17) is 16.7 Å². The summed E-state index contributed by atoms with van der Waals surface area (Å²) in [6.45, 7) is 0.833. The normalized spacial score (nSPS) is 24.8. The molecule has 0 saturated heterocycles. The second kappa shape index (κ2) is 5.85. The fourth-order valence-electron chi connectivity index (χ4n) is 2.24. The van der Waals surface area contributed by atoms with Gasteiger partial charge in [0.05, 0.1) is 10.3 Å². The molecular formula is C12H16ClNO2S. The van der Waals surface area contributed by atoms with E-state index < -0.39 is 5.97 Å². The molecule has 0 aliphatic heterocycles. The second-order valence-corrected chi connectivity index (χ2v) is 6.27. The third-order valence-electron chi connectivity index (χ3n) is 3.27. The van der Waals surface area contributed by atoms with Crippen molar-refractivity contribution >= 4 is 28.9 Å². The van der Waals surface area contributed by atoms with Crippen molar-refractivity contribution in [3.05, 3.63) is 21.3 Å². The van der Waals surface area contributed by atoms with Crippen molar-refractivity contribution in [2.24, 2.45) is 5.92 Å². The van der Waals surface area contributed by atoms with Crippen LogP contribution in [0.2, 0.25) is 4.34 Å².